The van der Waals surface area contributed by atoms with Crippen molar-refractivity contribution in [3.63, 3.8) is 0 Å². The molecule has 0 saturated carbocycles. The van der Waals surface area contributed by atoms with Gasteiger partial charge in [0.1, 0.15) is 29.9 Å². The Labute approximate surface area is 236 Å². The lowest BCUT2D eigenvalue weighted by molar-refractivity contribution is -0.142. The molecule has 15 nitrogen and oxygen atoms in total. The largest absolute Gasteiger partial charge is 0.508 e. The average Bonchev–Trinajstić information content (AvgIpc) is 2.88. The van der Waals surface area contributed by atoms with Crippen LogP contribution in [0, 0.1) is 5.92 Å². The van der Waals surface area contributed by atoms with Crippen LogP contribution in [0.4, 0.5) is 0 Å². The zero-order valence-corrected chi connectivity index (χ0v) is 23.1. The van der Waals surface area contributed by atoms with Gasteiger partial charge in [0.05, 0.1) is 12.6 Å². The first-order chi connectivity index (χ1) is 19.1. The molecule has 1 aromatic rings. The number of amides is 4. The summed E-state index contributed by atoms with van der Waals surface area (Å²) < 4.78 is 0. The average molecular weight is 582 g/mol. The van der Waals surface area contributed by atoms with Gasteiger partial charge in [0.2, 0.25) is 23.6 Å². The number of carbonyl (C=O) groups is 6. The summed E-state index contributed by atoms with van der Waals surface area (Å²) in [5.74, 6) is -6.27. The van der Waals surface area contributed by atoms with E-state index in [4.69, 9.17) is 10.8 Å². The summed E-state index contributed by atoms with van der Waals surface area (Å²) >= 11 is 0. The molecule has 0 fully saturated rings. The summed E-state index contributed by atoms with van der Waals surface area (Å²) in [5, 5.41) is 47.1. The highest BCUT2D eigenvalue weighted by Gasteiger charge is 2.32. The smallest absolute Gasteiger partial charge is 0.326 e. The number of aromatic hydroxyl groups is 1. The van der Waals surface area contributed by atoms with Crippen molar-refractivity contribution in [2.24, 2.45) is 11.7 Å². The Morgan fingerprint density at radius 3 is 1.73 bits per heavy atom. The fraction of sp³-hybridized carbons (Fsp3) is 0.538. The van der Waals surface area contributed by atoms with Crippen LogP contribution in [-0.4, -0.2) is 92.8 Å². The molecule has 0 saturated heterocycles. The van der Waals surface area contributed by atoms with Gasteiger partial charge in [0.15, 0.2) is 0 Å². The summed E-state index contributed by atoms with van der Waals surface area (Å²) in [6, 6.07) is -0.966. The number of aliphatic hydroxyl groups is 1. The second kappa shape index (κ2) is 16.8. The molecule has 15 heteroatoms. The van der Waals surface area contributed by atoms with Gasteiger partial charge >= 0.3 is 11.9 Å². The van der Waals surface area contributed by atoms with Gasteiger partial charge in [0.25, 0.3) is 0 Å². The number of carboxylic acids is 2. The van der Waals surface area contributed by atoms with Crippen LogP contribution in [-0.2, 0) is 35.2 Å². The first-order valence-electron chi connectivity index (χ1n) is 12.9. The fourth-order valence-electron chi connectivity index (χ4n) is 3.62. The predicted octanol–water partition coefficient (Wildman–Crippen LogP) is -1.79. The number of carbonyl (C=O) groups excluding carboxylic acids is 4. The standard InChI is InChI=1S/C26H39N5O10/c1-13(2)10-19(26(40)41)30-24(38)18(11-15-4-6-16(33)7-5-15)29-23(37)17(8-9-21(34)35)28-25(39)20(12-32)31-22(36)14(3)27/h4-7,13-14,17-20,32-33H,8-12,27H2,1-3H3,(H,28,39)(H,29,37)(H,30,38)(H,31,36)(H,34,35)(H,40,41)/t14-,17-,18-,19-,20-/m0/s1. The minimum atomic E-state index is -1.51. The summed E-state index contributed by atoms with van der Waals surface area (Å²) in [5.41, 5.74) is 5.95. The van der Waals surface area contributed by atoms with Crippen molar-refractivity contribution in [1.82, 2.24) is 21.3 Å². The number of hydrogen-bond acceptors (Lipinski definition) is 9. The number of nitrogens with one attached hydrogen (secondary N) is 4. The number of nitrogens with two attached hydrogens (primary N) is 1. The van der Waals surface area contributed by atoms with Gasteiger partial charge in [-0.05, 0) is 43.4 Å². The second-order valence-electron chi connectivity index (χ2n) is 9.99. The van der Waals surface area contributed by atoms with E-state index < -0.39 is 85.2 Å². The number of carboxylic acid groups (broad SMARTS) is 2. The van der Waals surface area contributed by atoms with Crippen molar-refractivity contribution >= 4 is 35.6 Å². The second-order valence-corrected chi connectivity index (χ2v) is 9.99. The van der Waals surface area contributed by atoms with Crippen molar-refractivity contribution in [3.8, 4) is 5.75 Å². The van der Waals surface area contributed by atoms with E-state index in [0.29, 0.717) is 5.56 Å². The Morgan fingerprint density at radius 2 is 1.24 bits per heavy atom. The van der Waals surface area contributed by atoms with Crippen molar-refractivity contribution in [2.45, 2.75) is 76.7 Å². The molecule has 0 aliphatic carbocycles. The molecule has 0 heterocycles. The maximum absolute atomic E-state index is 13.3. The van der Waals surface area contributed by atoms with Gasteiger partial charge in [-0.3, -0.25) is 24.0 Å². The summed E-state index contributed by atoms with van der Waals surface area (Å²) in [4.78, 5) is 74.0. The first-order valence-corrected chi connectivity index (χ1v) is 12.9. The number of benzene rings is 1. The van der Waals surface area contributed by atoms with E-state index in [9.17, 15) is 44.1 Å². The van der Waals surface area contributed by atoms with E-state index in [1.54, 1.807) is 13.8 Å². The summed E-state index contributed by atoms with van der Waals surface area (Å²) in [6.07, 6.45) is -1.01. The third kappa shape index (κ3) is 12.7. The third-order valence-corrected chi connectivity index (χ3v) is 5.84. The van der Waals surface area contributed by atoms with E-state index in [2.05, 4.69) is 21.3 Å². The molecule has 5 atom stereocenters. The lowest BCUT2D eigenvalue weighted by Crippen LogP contribution is -2.59. The molecule has 0 aromatic heterocycles. The number of aliphatic hydroxyl groups excluding tert-OH is 1. The Balaban J connectivity index is 3.24. The van der Waals surface area contributed by atoms with Crippen molar-refractivity contribution in [2.75, 3.05) is 6.61 Å². The van der Waals surface area contributed by atoms with Gasteiger partial charge in [-0.15, -0.1) is 0 Å². The Kier molecular flexibility index (Phi) is 14.2. The highest BCUT2D eigenvalue weighted by Crippen LogP contribution is 2.13. The zero-order valence-electron chi connectivity index (χ0n) is 23.1. The zero-order chi connectivity index (χ0) is 31.3. The Bertz CT molecular complexity index is 1080. The van der Waals surface area contributed by atoms with Gasteiger partial charge in [-0.25, -0.2) is 4.79 Å². The molecule has 4 amide bonds. The molecule has 0 aliphatic rings. The van der Waals surface area contributed by atoms with E-state index in [-0.39, 0.29) is 24.5 Å². The fourth-order valence-corrected chi connectivity index (χ4v) is 3.62. The van der Waals surface area contributed by atoms with Crippen molar-refractivity contribution in [3.05, 3.63) is 29.8 Å². The predicted molar refractivity (Wildman–Crippen MR) is 144 cm³/mol. The van der Waals surface area contributed by atoms with E-state index >= 15 is 0 Å². The van der Waals surface area contributed by atoms with Crippen LogP contribution in [0.2, 0.25) is 0 Å². The highest BCUT2D eigenvalue weighted by molar-refractivity contribution is 5.95. The van der Waals surface area contributed by atoms with Gasteiger partial charge in [-0.2, -0.15) is 0 Å². The highest BCUT2D eigenvalue weighted by atomic mass is 16.4. The first kappa shape index (κ1) is 34.8. The van der Waals surface area contributed by atoms with Crippen LogP contribution in [0.15, 0.2) is 24.3 Å². The molecule has 10 N–H and O–H groups in total. The molecule has 0 spiro atoms. The van der Waals surface area contributed by atoms with Crippen LogP contribution in [0.3, 0.4) is 0 Å². The summed E-state index contributed by atoms with van der Waals surface area (Å²) in [6.45, 7) is 4.03. The number of rotatable bonds is 17. The molecule has 1 aromatic carbocycles. The Hall–Kier alpha value is -4.24. The molecular formula is C26H39N5O10. The topological polar surface area (TPSA) is 257 Å². The molecular weight excluding hydrogens is 542 g/mol. The molecule has 41 heavy (non-hydrogen) atoms. The summed E-state index contributed by atoms with van der Waals surface area (Å²) in [7, 11) is 0. The minimum Gasteiger partial charge on any atom is -0.508 e. The maximum Gasteiger partial charge on any atom is 0.326 e. The van der Waals surface area contributed by atoms with E-state index in [0.717, 1.165) is 0 Å². The van der Waals surface area contributed by atoms with Gasteiger partial charge < -0.3 is 47.4 Å². The van der Waals surface area contributed by atoms with Crippen LogP contribution in [0.1, 0.15) is 45.6 Å². The number of aliphatic carboxylic acids is 2. The molecule has 0 radical (unpaired) electrons. The van der Waals surface area contributed by atoms with Gasteiger partial charge in [-0.1, -0.05) is 26.0 Å². The van der Waals surface area contributed by atoms with E-state index in [1.807, 2.05) is 0 Å². The molecule has 0 bridgehead atoms. The Morgan fingerprint density at radius 1 is 0.756 bits per heavy atom. The van der Waals surface area contributed by atoms with Crippen LogP contribution in [0.5, 0.6) is 5.75 Å². The lowest BCUT2D eigenvalue weighted by Gasteiger charge is -2.26. The minimum absolute atomic E-state index is 0.0485. The maximum atomic E-state index is 13.3. The quantitative estimate of drug-likeness (QED) is 0.0992. The van der Waals surface area contributed by atoms with Crippen LogP contribution < -0.4 is 27.0 Å². The lowest BCUT2D eigenvalue weighted by atomic mass is 10.0. The SMILES string of the molecule is CC(C)C[C@H](NC(=O)[C@H](Cc1ccc(O)cc1)NC(=O)[C@H](CCC(=O)O)NC(=O)[C@H](CO)NC(=O)[C@H](C)N)C(=O)O. The molecule has 1 rings (SSSR count). The van der Waals surface area contributed by atoms with Crippen LogP contribution in [0.25, 0.3) is 0 Å². The monoisotopic (exact) mass is 581 g/mol. The van der Waals surface area contributed by atoms with E-state index in [1.165, 1.54) is 31.2 Å². The molecule has 0 unspecified atom stereocenters. The third-order valence-electron chi connectivity index (χ3n) is 5.84. The number of hydrogen-bond donors (Lipinski definition) is 9. The normalized spacial score (nSPS) is 14.6. The number of phenolic OH excluding ortho intramolecular Hbond substituents is 1. The molecule has 228 valence electrons. The number of phenols is 1. The van der Waals surface area contributed by atoms with Gasteiger partial charge in [0, 0.05) is 12.8 Å². The van der Waals surface area contributed by atoms with Crippen molar-refractivity contribution < 1.29 is 49.2 Å². The molecule has 0 aliphatic heterocycles. The van der Waals surface area contributed by atoms with Crippen LogP contribution >= 0.6 is 0 Å². The van der Waals surface area contributed by atoms with Crippen molar-refractivity contribution in [1.29, 1.82) is 0 Å².